The van der Waals surface area contributed by atoms with Gasteiger partial charge in [-0.05, 0) is 36.5 Å². The van der Waals surface area contributed by atoms with Crippen molar-refractivity contribution >= 4 is 23.3 Å². The topological polar surface area (TPSA) is 127 Å². The first-order chi connectivity index (χ1) is 15.7. The zero-order valence-electron chi connectivity index (χ0n) is 18.6. The molecule has 1 saturated heterocycles. The molecule has 4 rings (SSSR count). The highest BCUT2D eigenvalue weighted by atomic mass is 16.6. The lowest BCUT2D eigenvalue weighted by Crippen LogP contribution is -2.56. The zero-order valence-corrected chi connectivity index (χ0v) is 18.6. The minimum absolute atomic E-state index is 0.0112. The van der Waals surface area contributed by atoms with Crippen LogP contribution in [0.3, 0.4) is 0 Å². The summed E-state index contributed by atoms with van der Waals surface area (Å²) in [5.74, 6) is -0.283. The number of hydrogen-bond donors (Lipinski definition) is 2. The second-order valence-corrected chi connectivity index (χ2v) is 9.07. The molecule has 0 unspecified atom stereocenters. The molecule has 2 aliphatic heterocycles. The molecule has 10 nitrogen and oxygen atoms in total. The molecule has 0 aliphatic carbocycles. The number of hydrogen-bond acceptors (Lipinski definition) is 5. The summed E-state index contributed by atoms with van der Waals surface area (Å²) in [6.07, 6.45) is 0.932. The second-order valence-electron chi connectivity index (χ2n) is 9.07. The van der Waals surface area contributed by atoms with E-state index in [-0.39, 0.29) is 40.9 Å². The fourth-order valence-corrected chi connectivity index (χ4v) is 4.71. The normalized spacial score (nSPS) is 20.0. The number of carbonyl (C=O) groups excluding carboxylic acids is 2. The van der Waals surface area contributed by atoms with E-state index in [4.69, 9.17) is 0 Å². The maximum atomic E-state index is 13.1. The minimum atomic E-state index is -0.774. The van der Waals surface area contributed by atoms with Gasteiger partial charge in [-0.25, -0.2) is 4.79 Å². The summed E-state index contributed by atoms with van der Waals surface area (Å²) in [7, 11) is 0. The molecule has 0 radical (unpaired) electrons. The smallest absolute Gasteiger partial charge is 0.318 e. The first-order valence-electron chi connectivity index (χ1n) is 11.0. The maximum absolute atomic E-state index is 13.1. The number of nitrogens with one attached hydrogen (secondary N) is 2. The van der Waals surface area contributed by atoms with Gasteiger partial charge in [0.05, 0.1) is 4.92 Å². The quantitative estimate of drug-likeness (QED) is 0.531. The SMILES string of the molecule is CC(C)[C@H](NC(=O)N1C[C@H]2C[C@@H](C1)c1cccc(=O)n1C2)C(=O)Nc1ccc([N+](=O)[O-])cc1. The first-order valence-corrected chi connectivity index (χ1v) is 11.0. The van der Waals surface area contributed by atoms with Gasteiger partial charge in [0.2, 0.25) is 5.91 Å². The summed E-state index contributed by atoms with van der Waals surface area (Å²) in [6.45, 7) is 5.28. The van der Waals surface area contributed by atoms with Gasteiger partial charge >= 0.3 is 6.03 Å². The Morgan fingerprint density at radius 2 is 1.82 bits per heavy atom. The van der Waals surface area contributed by atoms with Crippen LogP contribution in [0.4, 0.5) is 16.2 Å². The zero-order chi connectivity index (χ0) is 23.7. The number of non-ortho nitro benzene ring substituents is 1. The molecule has 2 bridgehead atoms. The van der Waals surface area contributed by atoms with E-state index in [0.29, 0.717) is 25.3 Å². The number of nitro benzene ring substituents is 1. The summed E-state index contributed by atoms with van der Waals surface area (Å²) in [4.78, 5) is 50.2. The van der Waals surface area contributed by atoms with E-state index in [1.54, 1.807) is 17.0 Å². The van der Waals surface area contributed by atoms with Crippen molar-refractivity contribution in [3.8, 4) is 0 Å². The van der Waals surface area contributed by atoms with Gasteiger partial charge in [0, 0.05) is 55.1 Å². The van der Waals surface area contributed by atoms with Crippen LogP contribution in [0.2, 0.25) is 0 Å². The third-order valence-electron chi connectivity index (χ3n) is 6.34. The van der Waals surface area contributed by atoms with Crippen LogP contribution in [0.5, 0.6) is 0 Å². The van der Waals surface area contributed by atoms with Crippen molar-refractivity contribution in [2.24, 2.45) is 11.8 Å². The van der Waals surface area contributed by atoms with Crippen molar-refractivity contribution in [1.82, 2.24) is 14.8 Å². The molecule has 10 heteroatoms. The van der Waals surface area contributed by atoms with Crippen molar-refractivity contribution < 1.29 is 14.5 Å². The van der Waals surface area contributed by atoms with Gasteiger partial charge in [-0.1, -0.05) is 19.9 Å². The van der Waals surface area contributed by atoms with E-state index in [1.807, 2.05) is 24.5 Å². The Balaban J connectivity index is 1.43. The predicted octanol–water partition coefficient (Wildman–Crippen LogP) is 2.55. The number of carbonyl (C=O) groups is 2. The number of nitro groups is 1. The number of benzene rings is 1. The van der Waals surface area contributed by atoms with Crippen molar-refractivity contribution in [2.45, 2.75) is 38.8 Å². The highest BCUT2D eigenvalue weighted by Crippen LogP contribution is 2.35. The lowest BCUT2D eigenvalue weighted by atomic mass is 9.83. The fraction of sp³-hybridized carbons (Fsp3) is 0.435. The van der Waals surface area contributed by atoms with Gasteiger partial charge in [0.1, 0.15) is 6.04 Å². The molecule has 3 heterocycles. The van der Waals surface area contributed by atoms with Gasteiger partial charge in [-0.2, -0.15) is 0 Å². The first kappa shape index (κ1) is 22.5. The van der Waals surface area contributed by atoms with Gasteiger partial charge in [-0.3, -0.25) is 19.7 Å². The highest BCUT2D eigenvalue weighted by Gasteiger charge is 2.37. The standard InChI is InChI=1S/C23H27N5O5/c1-14(2)21(22(30)24-17-6-8-18(9-7-17)28(32)33)25-23(31)26-11-15-10-16(13-26)19-4-3-5-20(29)27(19)12-15/h3-9,14-16,21H,10-13H2,1-2H3,(H,24,30)(H,25,31)/t15-,16+,21+/m1/s1. The number of amides is 3. The largest absolute Gasteiger partial charge is 0.326 e. The van der Waals surface area contributed by atoms with E-state index in [1.165, 1.54) is 24.3 Å². The summed E-state index contributed by atoms with van der Waals surface area (Å²) < 4.78 is 1.81. The number of piperidine rings is 1. The Kier molecular flexibility index (Phi) is 6.17. The number of fused-ring (bicyclic) bond motifs is 4. The van der Waals surface area contributed by atoms with Gasteiger partial charge in [0.15, 0.2) is 0 Å². The Labute approximate surface area is 190 Å². The molecular formula is C23H27N5O5. The summed E-state index contributed by atoms with van der Waals surface area (Å²) in [5, 5.41) is 16.4. The average Bonchev–Trinajstić information content (AvgIpc) is 2.78. The van der Waals surface area contributed by atoms with Crippen molar-refractivity contribution in [3.05, 3.63) is 68.6 Å². The van der Waals surface area contributed by atoms with E-state index in [0.717, 1.165) is 12.1 Å². The molecule has 2 aliphatic rings. The Hall–Kier alpha value is -3.69. The average molecular weight is 453 g/mol. The third-order valence-corrected chi connectivity index (χ3v) is 6.34. The molecule has 1 fully saturated rings. The van der Waals surface area contributed by atoms with E-state index in [2.05, 4.69) is 10.6 Å². The van der Waals surface area contributed by atoms with Crippen LogP contribution in [-0.4, -0.2) is 45.5 Å². The number of anilines is 1. The molecule has 3 amide bonds. The number of urea groups is 1. The lowest BCUT2D eigenvalue weighted by molar-refractivity contribution is -0.384. The third kappa shape index (κ3) is 4.74. The molecular weight excluding hydrogens is 426 g/mol. The molecule has 2 N–H and O–H groups in total. The van der Waals surface area contributed by atoms with E-state index < -0.39 is 11.0 Å². The van der Waals surface area contributed by atoms with Gasteiger partial charge < -0.3 is 20.1 Å². The monoisotopic (exact) mass is 453 g/mol. The lowest BCUT2D eigenvalue weighted by Gasteiger charge is -2.43. The number of rotatable bonds is 5. The number of aromatic nitrogens is 1. The molecule has 33 heavy (non-hydrogen) atoms. The van der Waals surface area contributed by atoms with Crippen LogP contribution in [0.25, 0.3) is 0 Å². The molecule has 0 saturated carbocycles. The highest BCUT2D eigenvalue weighted by molar-refractivity contribution is 5.97. The van der Waals surface area contributed by atoms with Crippen molar-refractivity contribution in [3.63, 3.8) is 0 Å². The Bertz CT molecular complexity index is 1130. The summed E-state index contributed by atoms with van der Waals surface area (Å²) in [5.41, 5.74) is 1.29. The summed E-state index contributed by atoms with van der Waals surface area (Å²) in [6, 6.07) is 9.72. The van der Waals surface area contributed by atoms with Crippen LogP contribution >= 0.6 is 0 Å². The van der Waals surface area contributed by atoms with Crippen LogP contribution in [-0.2, 0) is 11.3 Å². The number of likely N-dealkylation sites (tertiary alicyclic amines) is 1. The van der Waals surface area contributed by atoms with Crippen LogP contribution in [0, 0.1) is 22.0 Å². The number of nitrogens with zero attached hydrogens (tertiary/aromatic N) is 3. The van der Waals surface area contributed by atoms with Crippen molar-refractivity contribution in [1.29, 1.82) is 0 Å². The van der Waals surface area contributed by atoms with Gasteiger partial charge in [-0.15, -0.1) is 0 Å². The second kappa shape index (κ2) is 9.05. The van der Waals surface area contributed by atoms with E-state index in [9.17, 15) is 24.5 Å². The molecule has 3 atom stereocenters. The van der Waals surface area contributed by atoms with Crippen LogP contribution < -0.4 is 16.2 Å². The van der Waals surface area contributed by atoms with Crippen LogP contribution in [0.15, 0.2) is 47.3 Å². The maximum Gasteiger partial charge on any atom is 0.318 e. The molecule has 1 aromatic heterocycles. The minimum Gasteiger partial charge on any atom is -0.326 e. The molecule has 0 spiro atoms. The van der Waals surface area contributed by atoms with Crippen LogP contribution in [0.1, 0.15) is 31.9 Å². The molecule has 2 aromatic rings. The Morgan fingerprint density at radius 3 is 2.48 bits per heavy atom. The van der Waals surface area contributed by atoms with Crippen molar-refractivity contribution in [2.75, 3.05) is 18.4 Å². The molecule has 1 aromatic carbocycles. The fourth-order valence-electron chi connectivity index (χ4n) is 4.71. The molecule has 174 valence electrons. The summed E-state index contributed by atoms with van der Waals surface area (Å²) >= 11 is 0. The predicted molar refractivity (Wildman–Crippen MR) is 122 cm³/mol. The number of pyridine rings is 1. The Morgan fingerprint density at radius 1 is 1.09 bits per heavy atom. The van der Waals surface area contributed by atoms with E-state index >= 15 is 0 Å². The van der Waals surface area contributed by atoms with Gasteiger partial charge in [0.25, 0.3) is 11.2 Å².